The molecule has 0 aromatic heterocycles. The molecule has 0 radical (unpaired) electrons. The van der Waals surface area contributed by atoms with E-state index in [1.807, 2.05) is 0 Å². The molecule has 2 fully saturated rings. The first-order valence-corrected chi connectivity index (χ1v) is 7.46. The molecule has 0 aliphatic heterocycles. The van der Waals surface area contributed by atoms with E-state index >= 15 is 0 Å². The Kier molecular flexibility index (Phi) is 4.29. The van der Waals surface area contributed by atoms with Crippen molar-refractivity contribution in [2.45, 2.75) is 77.7 Å². The second-order valence-corrected chi connectivity index (χ2v) is 6.44. The molecule has 1 N–H and O–H groups in total. The minimum Gasteiger partial charge on any atom is -0.314 e. The van der Waals surface area contributed by atoms with Crippen molar-refractivity contribution in [3.63, 3.8) is 0 Å². The van der Waals surface area contributed by atoms with E-state index in [0.717, 1.165) is 5.92 Å². The van der Waals surface area contributed by atoms with Crippen molar-refractivity contribution in [1.82, 2.24) is 5.32 Å². The van der Waals surface area contributed by atoms with Crippen molar-refractivity contribution < 1.29 is 0 Å². The molecule has 94 valence electrons. The van der Waals surface area contributed by atoms with Gasteiger partial charge < -0.3 is 5.32 Å². The van der Waals surface area contributed by atoms with Crippen LogP contribution in [0.25, 0.3) is 0 Å². The predicted molar refractivity (Wildman–Crippen MR) is 70.6 cm³/mol. The average molecular weight is 223 g/mol. The molecule has 0 amide bonds. The zero-order chi connectivity index (χ0) is 11.4. The summed E-state index contributed by atoms with van der Waals surface area (Å²) in [5.74, 6) is 1.04. The smallest absolute Gasteiger partial charge is 0.00128 e. The Labute approximate surface area is 101 Å². The minimum atomic E-state index is 0.656. The van der Waals surface area contributed by atoms with Crippen LogP contribution in [0.1, 0.15) is 71.6 Å². The maximum absolute atomic E-state index is 3.71. The molecule has 0 bridgehead atoms. The summed E-state index contributed by atoms with van der Waals surface area (Å²) >= 11 is 0. The van der Waals surface area contributed by atoms with E-state index in [1.165, 1.54) is 64.3 Å². The van der Waals surface area contributed by atoms with Crippen LogP contribution in [0.4, 0.5) is 0 Å². The molecule has 0 heterocycles. The molecule has 0 aromatic rings. The Morgan fingerprint density at radius 3 is 2.06 bits per heavy atom. The molecule has 2 saturated carbocycles. The zero-order valence-electron chi connectivity index (χ0n) is 11.2. The van der Waals surface area contributed by atoms with E-state index < -0.39 is 0 Å². The lowest BCUT2D eigenvalue weighted by molar-refractivity contribution is 0.0369. The Hall–Kier alpha value is -0.0400. The van der Waals surface area contributed by atoms with Gasteiger partial charge in [-0.1, -0.05) is 46.0 Å². The van der Waals surface area contributed by atoms with Gasteiger partial charge in [0.15, 0.2) is 0 Å². The van der Waals surface area contributed by atoms with Crippen LogP contribution in [0.5, 0.6) is 0 Å². The van der Waals surface area contributed by atoms with Gasteiger partial charge in [0.1, 0.15) is 0 Å². The Bertz CT molecular complexity index is 197. The summed E-state index contributed by atoms with van der Waals surface area (Å²) < 4.78 is 0. The highest BCUT2D eigenvalue weighted by Gasteiger charge is 2.43. The van der Waals surface area contributed by atoms with E-state index in [0.29, 0.717) is 11.5 Å². The summed E-state index contributed by atoms with van der Waals surface area (Å²) in [6, 6.07) is 0.656. The van der Waals surface area contributed by atoms with Crippen LogP contribution in [-0.2, 0) is 0 Å². The summed E-state index contributed by atoms with van der Waals surface area (Å²) in [7, 11) is 0. The summed E-state index contributed by atoms with van der Waals surface area (Å²) in [6.45, 7) is 5.84. The third-order valence-corrected chi connectivity index (χ3v) is 4.93. The third-order valence-electron chi connectivity index (χ3n) is 4.93. The van der Waals surface area contributed by atoms with E-state index in [2.05, 4.69) is 19.2 Å². The van der Waals surface area contributed by atoms with Crippen molar-refractivity contribution in [1.29, 1.82) is 0 Å². The summed E-state index contributed by atoms with van der Waals surface area (Å²) in [5.41, 5.74) is 0.703. The summed E-state index contributed by atoms with van der Waals surface area (Å²) in [6.07, 6.45) is 13.5. The van der Waals surface area contributed by atoms with E-state index in [4.69, 9.17) is 0 Å². The largest absolute Gasteiger partial charge is 0.314 e. The third kappa shape index (κ3) is 2.80. The van der Waals surface area contributed by atoms with Crippen molar-refractivity contribution in [2.24, 2.45) is 11.3 Å². The quantitative estimate of drug-likeness (QED) is 0.707. The van der Waals surface area contributed by atoms with Gasteiger partial charge in [0.2, 0.25) is 0 Å². The number of hydrogen-bond donors (Lipinski definition) is 1. The number of rotatable bonds is 4. The van der Waals surface area contributed by atoms with Gasteiger partial charge in [0.25, 0.3) is 0 Å². The second kappa shape index (κ2) is 5.53. The molecule has 0 spiro atoms. The second-order valence-electron chi connectivity index (χ2n) is 6.44. The zero-order valence-corrected chi connectivity index (χ0v) is 11.2. The van der Waals surface area contributed by atoms with Crippen molar-refractivity contribution in [3.05, 3.63) is 0 Å². The van der Waals surface area contributed by atoms with Crippen LogP contribution in [0.2, 0.25) is 0 Å². The molecule has 0 aromatic carbocycles. The lowest BCUT2D eigenvalue weighted by atomic mass is 9.59. The van der Waals surface area contributed by atoms with Gasteiger partial charge in [-0.25, -0.2) is 0 Å². The molecule has 2 aliphatic rings. The van der Waals surface area contributed by atoms with Crippen LogP contribution in [-0.4, -0.2) is 12.6 Å². The molecule has 1 heteroatoms. The van der Waals surface area contributed by atoms with Crippen LogP contribution >= 0.6 is 0 Å². The topological polar surface area (TPSA) is 12.0 Å². The normalized spacial score (nSPS) is 26.4. The number of nitrogens with one attached hydrogen (secondary N) is 1. The highest BCUT2D eigenvalue weighted by Crippen LogP contribution is 2.51. The average Bonchev–Trinajstić information content (AvgIpc) is 2.44. The SMILES string of the molecule is CC(C)NCC1(C2CCCCCC2)CCC1. The standard InChI is InChI=1S/C15H29N/c1-13(2)16-12-15(10-7-11-15)14-8-5-3-4-6-9-14/h13-14,16H,3-12H2,1-2H3. The van der Waals surface area contributed by atoms with Gasteiger partial charge in [0.05, 0.1) is 0 Å². The summed E-state index contributed by atoms with van der Waals surface area (Å²) in [4.78, 5) is 0. The van der Waals surface area contributed by atoms with Gasteiger partial charge in [-0.15, -0.1) is 0 Å². The number of hydrogen-bond acceptors (Lipinski definition) is 1. The first kappa shape index (κ1) is 12.4. The molecule has 1 nitrogen and oxygen atoms in total. The maximum Gasteiger partial charge on any atom is 0.00128 e. The van der Waals surface area contributed by atoms with Gasteiger partial charge >= 0.3 is 0 Å². The van der Waals surface area contributed by atoms with Crippen LogP contribution in [0.15, 0.2) is 0 Å². The minimum absolute atomic E-state index is 0.656. The molecular weight excluding hydrogens is 194 g/mol. The van der Waals surface area contributed by atoms with Gasteiger partial charge in [-0.2, -0.15) is 0 Å². The first-order chi connectivity index (χ1) is 7.73. The Balaban J connectivity index is 1.90. The molecule has 0 atom stereocenters. The predicted octanol–water partition coefficient (Wildman–Crippen LogP) is 4.13. The molecule has 0 unspecified atom stereocenters. The van der Waals surface area contributed by atoms with Crippen molar-refractivity contribution >= 4 is 0 Å². The fourth-order valence-electron chi connectivity index (χ4n) is 3.66. The lowest BCUT2D eigenvalue weighted by Gasteiger charge is -2.48. The van der Waals surface area contributed by atoms with Crippen LogP contribution in [0, 0.1) is 11.3 Å². The fourth-order valence-corrected chi connectivity index (χ4v) is 3.66. The van der Waals surface area contributed by atoms with Gasteiger partial charge in [0, 0.05) is 12.6 Å². The summed E-state index contributed by atoms with van der Waals surface area (Å²) in [5, 5.41) is 3.71. The molecule has 2 rings (SSSR count). The van der Waals surface area contributed by atoms with Crippen molar-refractivity contribution in [3.8, 4) is 0 Å². The van der Waals surface area contributed by atoms with Crippen LogP contribution in [0.3, 0.4) is 0 Å². The van der Waals surface area contributed by atoms with Crippen LogP contribution < -0.4 is 5.32 Å². The highest BCUT2D eigenvalue weighted by atomic mass is 14.9. The molecular formula is C15H29N. The highest BCUT2D eigenvalue weighted by molar-refractivity contribution is 4.95. The molecule has 0 saturated heterocycles. The van der Waals surface area contributed by atoms with E-state index in [-0.39, 0.29) is 0 Å². The van der Waals surface area contributed by atoms with Gasteiger partial charge in [-0.05, 0) is 37.0 Å². The monoisotopic (exact) mass is 223 g/mol. The van der Waals surface area contributed by atoms with E-state index in [1.54, 1.807) is 0 Å². The molecule has 16 heavy (non-hydrogen) atoms. The van der Waals surface area contributed by atoms with Crippen molar-refractivity contribution in [2.75, 3.05) is 6.54 Å². The lowest BCUT2D eigenvalue weighted by Crippen LogP contribution is -2.47. The fraction of sp³-hybridized carbons (Fsp3) is 1.00. The Morgan fingerprint density at radius 1 is 1.00 bits per heavy atom. The Morgan fingerprint density at radius 2 is 1.62 bits per heavy atom. The maximum atomic E-state index is 3.71. The molecule has 2 aliphatic carbocycles. The van der Waals surface area contributed by atoms with E-state index in [9.17, 15) is 0 Å². The first-order valence-electron chi connectivity index (χ1n) is 7.46. The van der Waals surface area contributed by atoms with Gasteiger partial charge in [-0.3, -0.25) is 0 Å².